The van der Waals surface area contributed by atoms with Crippen molar-refractivity contribution in [2.24, 2.45) is 11.8 Å². The minimum absolute atomic E-state index is 1.07. The second-order valence-corrected chi connectivity index (χ2v) is 8.41. The number of nitrogens with zero attached hydrogens (tertiary/aromatic N) is 1. The van der Waals surface area contributed by atoms with Gasteiger partial charge in [-0.3, -0.25) is 5.43 Å². The van der Waals surface area contributed by atoms with Crippen molar-refractivity contribution in [3.05, 3.63) is 0 Å². The number of hydrazine groups is 1. The second kappa shape index (κ2) is 16.1. The van der Waals surface area contributed by atoms with Gasteiger partial charge in [0.15, 0.2) is 0 Å². The van der Waals surface area contributed by atoms with E-state index < -0.39 is 0 Å². The molecule has 0 heterocycles. The lowest BCUT2D eigenvalue weighted by Gasteiger charge is -2.21. The summed E-state index contributed by atoms with van der Waals surface area (Å²) in [6, 6.07) is 0. The van der Waals surface area contributed by atoms with Crippen LogP contribution in [0.4, 0.5) is 0 Å². The standard InChI is InChI=1S/C23H48N2/c1-4-6-7-8-9-10-11-12-13-14-15-16-19-25(24-3)20-17-18-23-21-22(23)5-2/h22-24H,4-21H2,1-3H3. The molecule has 1 rings (SSSR count). The zero-order valence-electron chi connectivity index (χ0n) is 17.8. The lowest BCUT2D eigenvalue weighted by Crippen LogP contribution is -2.36. The minimum atomic E-state index is 1.07. The van der Waals surface area contributed by atoms with Gasteiger partial charge in [-0.1, -0.05) is 90.9 Å². The molecule has 0 spiro atoms. The van der Waals surface area contributed by atoms with Gasteiger partial charge in [-0.25, -0.2) is 5.01 Å². The average molecular weight is 353 g/mol. The molecule has 2 heteroatoms. The van der Waals surface area contributed by atoms with Crippen molar-refractivity contribution in [3.8, 4) is 0 Å². The highest BCUT2D eigenvalue weighted by Crippen LogP contribution is 2.44. The van der Waals surface area contributed by atoms with Gasteiger partial charge < -0.3 is 0 Å². The van der Waals surface area contributed by atoms with Crippen molar-refractivity contribution in [2.45, 2.75) is 117 Å². The molecule has 2 nitrogen and oxygen atoms in total. The molecule has 1 fully saturated rings. The Hall–Kier alpha value is -0.0800. The predicted molar refractivity (Wildman–Crippen MR) is 113 cm³/mol. The Morgan fingerprint density at radius 1 is 0.680 bits per heavy atom. The Balaban J connectivity index is 1.79. The normalized spacial score (nSPS) is 19.7. The van der Waals surface area contributed by atoms with Crippen molar-refractivity contribution in [1.82, 2.24) is 10.4 Å². The van der Waals surface area contributed by atoms with Crippen LogP contribution in [0.25, 0.3) is 0 Å². The van der Waals surface area contributed by atoms with Gasteiger partial charge in [0, 0.05) is 13.1 Å². The first-order valence-corrected chi connectivity index (χ1v) is 11.7. The maximum atomic E-state index is 3.39. The van der Waals surface area contributed by atoms with Crippen LogP contribution in [0.2, 0.25) is 0 Å². The van der Waals surface area contributed by atoms with Gasteiger partial charge in [-0.05, 0) is 44.6 Å². The number of rotatable bonds is 19. The summed E-state index contributed by atoms with van der Waals surface area (Å²) < 4.78 is 0. The Kier molecular flexibility index (Phi) is 14.8. The largest absolute Gasteiger partial charge is 0.258 e. The molecule has 0 aromatic carbocycles. The molecule has 0 saturated heterocycles. The van der Waals surface area contributed by atoms with Crippen LogP contribution >= 0.6 is 0 Å². The molecule has 2 unspecified atom stereocenters. The van der Waals surface area contributed by atoms with Gasteiger partial charge >= 0.3 is 0 Å². The molecule has 1 aliphatic rings. The van der Waals surface area contributed by atoms with Gasteiger partial charge in [0.25, 0.3) is 0 Å². The molecule has 1 saturated carbocycles. The fourth-order valence-electron chi connectivity index (χ4n) is 4.19. The third kappa shape index (κ3) is 12.8. The monoisotopic (exact) mass is 352 g/mol. The van der Waals surface area contributed by atoms with Crippen molar-refractivity contribution in [1.29, 1.82) is 0 Å². The maximum Gasteiger partial charge on any atom is 0.0130 e. The minimum Gasteiger partial charge on any atom is -0.258 e. The Bertz CT molecular complexity index is 279. The highest BCUT2D eigenvalue weighted by Gasteiger charge is 2.34. The van der Waals surface area contributed by atoms with Crippen LogP contribution in [0.15, 0.2) is 0 Å². The molecular weight excluding hydrogens is 304 g/mol. The van der Waals surface area contributed by atoms with Crippen molar-refractivity contribution < 1.29 is 0 Å². The second-order valence-electron chi connectivity index (χ2n) is 8.41. The van der Waals surface area contributed by atoms with Gasteiger partial charge in [-0.15, -0.1) is 0 Å². The van der Waals surface area contributed by atoms with Crippen molar-refractivity contribution in [3.63, 3.8) is 0 Å². The molecule has 150 valence electrons. The molecule has 0 aliphatic heterocycles. The lowest BCUT2D eigenvalue weighted by molar-refractivity contribution is 0.197. The molecule has 2 atom stereocenters. The summed E-state index contributed by atoms with van der Waals surface area (Å²) in [6.07, 6.45) is 23.0. The van der Waals surface area contributed by atoms with E-state index >= 15 is 0 Å². The van der Waals surface area contributed by atoms with Gasteiger partial charge in [0.1, 0.15) is 0 Å². The third-order valence-corrected chi connectivity index (χ3v) is 6.19. The Morgan fingerprint density at radius 2 is 1.20 bits per heavy atom. The average Bonchev–Trinajstić information content (AvgIpc) is 3.39. The van der Waals surface area contributed by atoms with E-state index in [1.165, 1.54) is 116 Å². The van der Waals surface area contributed by atoms with E-state index in [1.54, 1.807) is 0 Å². The summed E-state index contributed by atoms with van der Waals surface area (Å²) in [4.78, 5) is 0. The number of hydrogen-bond acceptors (Lipinski definition) is 2. The Morgan fingerprint density at radius 3 is 1.68 bits per heavy atom. The topological polar surface area (TPSA) is 15.3 Å². The van der Waals surface area contributed by atoms with Crippen LogP contribution in [0.5, 0.6) is 0 Å². The molecule has 0 aromatic rings. The molecule has 0 aromatic heterocycles. The van der Waals surface area contributed by atoms with E-state index in [0.29, 0.717) is 0 Å². The van der Waals surface area contributed by atoms with Crippen molar-refractivity contribution >= 4 is 0 Å². The van der Waals surface area contributed by atoms with Crippen LogP contribution in [-0.2, 0) is 0 Å². The molecule has 0 radical (unpaired) electrons. The van der Waals surface area contributed by atoms with Gasteiger partial charge in [0.2, 0.25) is 0 Å². The van der Waals surface area contributed by atoms with Crippen LogP contribution in [0, 0.1) is 11.8 Å². The van der Waals surface area contributed by atoms with Crippen LogP contribution in [-0.4, -0.2) is 25.1 Å². The van der Waals surface area contributed by atoms with E-state index in [0.717, 1.165) is 11.8 Å². The lowest BCUT2D eigenvalue weighted by atomic mass is 10.1. The van der Waals surface area contributed by atoms with Crippen LogP contribution < -0.4 is 5.43 Å². The summed E-state index contributed by atoms with van der Waals surface area (Å²) in [5.74, 6) is 2.13. The molecule has 0 bridgehead atoms. The van der Waals surface area contributed by atoms with E-state index in [-0.39, 0.29) is 0 Å². The highest BCUT2D eigenvalue weighted by atomic mass is 15.5. The SMILES string of the molecule is CCCCCCCCCCCCCCN(CCCC1CC1CC)NC. The van der Waals surface area contributed by atoms with Gasteiger partial charge in [0.05, 0.1) is 0 Å². The quantitative estimate of drug-likeness (QED) is 0.200. The predicted octanol–water partition coefficient (Wildman–Crippen LogP) is 6.95. The van der Waals surface area contributed by atoms with E-state index in [9.17, 15) is 0 Å². The molecule has 0 amide bonds. The van der Waals surface area contributed by atoms with Crippen molar-refractivity contribution in [2.75, 3.05) is 20.1 Å². The first-order chi connectivity index (χ1) is 12.3. The van der Waals surface area contributed by atoms with Gasteiger partial charge in [-0.2, -0.15) is 0 Å². The summed E-state index contributed by atoms with van der Waals surface area (Å²) >= 11 is 0. The fraction of sp³-hybridized carbons (Fsp3) is 1.00. The number of nitrogens with one attached hydrogen (secondary N) is 1. The zero-order valence-corrected chi connectivity index (χ0v) is 17.8. The van der Waals surface area contributed by atoms with E-state index in [2.05, 4.69) is 31.3 Å². The van der Waals surface area contributed by atoms with Crippen LogP contribution in [0.1, 0.15) is 117 Å². The highest BCUT2D eigenvalue weighted by molar-refractivity contribution is 4.84. The maximum absolute atomic E-state index is 3.39. The molecule has 1 aliphatic carbocycles. The zero-order chi connectivity index (χ0) is 18.2. The summed E-state index contributed by atoms with van der Waals surface area (Å²) in [7, 11) is 2.09. The smallest absolute Gasteiger partial charge is 0.0130 e. The van der Waals surface area contributed by atoms with E-state index in [1.807, 2.05) is 0 Å². The first kappa shape index (κ1) is 23.0. The Labute approximate surface area is 159 Å². The van der Waals surface area contributed by atoms with Crippen LogP contribution in [0.3, 0.4) is 0 Å². The number of hydrogen-bond donors (Lipinski definition) is 1. The molecular formula is C23H48N2. The summed E-state index contributed by atoms with van der Waals surface area (Å²) in [5, 5.41) is 2.44. The fourth-order valence-corrected chi connectivity index (χ4v) is 4.19. The first-order valence-electron chi connectivity index (χ1n) is 11.7. The summed E-state index contributed by atoms with van der Waals surface area (Å²) in [6.45, 7) is 7.11. The molecule has 25 heavy (non-hydrogen) atoms. The summed E-state index contributed by atoms with van der Waals surface area (Å²) in [5.41, 5.74) is 3.39. The third-order valence-electron chi connectivity index (χ3n) is 6.19. The molecule has 1 N–H and O–H groups in total. The van der Waals surface area contributed by atoms with E-state index in [4.69, 9.17) is 0 Å². The number of unbranched alkanes of at least 4 members (excludes halogenated alkanes) is 11.